The summed E-state index contributed by atoms with van der Waals surface area (Å²) in [7, 11) is 0. The molecule has 2 heterocycles. The van der Waals surface area contributed by atoms with Gasteiger partial charge in [-0.15, -0.1) is 11.3 Å². The summed E-state index contributed by atoms with van der Waals surface area (Å²) < 4.78 is 17.4. The highest BCUT2D eigenvalue weighted by atomic mass is 35.5. The maximum atomic E-state index is 13.5. The number of fused-ring (bicyclic) bond motifs is 1. The van der Waals surface area contributed by atoms with E-state index in [1.54, 1.807) is 35.9 Å². The van der Waals surface area contributed by atoms with Crippen molar-refractivity contribution in [1.29, 1.82) is 0 Å². The minimum Gasteiger partial charge on any atom is -0.490 e. The first-order valence-electron chi connectivity index (χ1n) is 14.4. The van der Waals surface area contributed by atoms with Crippen molar-refractivity contribution in [3.05, 3.63) is 97.7 Å². The van der Waals surface area contributed by atoms with E-state index in [0.29, 0.717) is 56.9 Å². The second kappa shape index (κ2) is 13.6. The van der Waals surface area contributed by atoms with E-state index >= 15 is 0 Å². The zero-order valence-electron chi connectivity index (χ0n) is 24.8. The smallest absolute Gasteiger partial charge is 0.255 e. The number of halogens is 2. The monoisotopic (exact) mass is 638 g/mol. The number of ether oxygens (including phenoxy) is 2. The number of hydrogen-bond acceptors (Lipinski definition) is 6. The van der Waals surface area contributed by atoms with Crippen molar-refractivity contribution < 1.29 is 18.7 Å². The summed E-state index contributed by atoms with van der Waals surface area (Å²) >= 11 is 14.0. The molecule has 4 aromatic rings. The fourth-order valence-corrected chi connectivity index (χ4v) is 6.96. The molecule has 226 valence electrons. The Kier molecular flexibility index (Phi) is 9.85. The molecule has 1 aliphatic carbocycles. The van der Waals surface area contributed by atoms with Crippen molar-refractivity contribution in [2.45, 2.75) is 60.1 Å². The van der Waals surface area contributed by atoms with Crippen LogP contribution in [-0.4, -0.2) is 18.7 Å². The number of aliphatic imine (C=N–C) groups is 1. The van der Waals surface area contributed by atoms with E-state index in [4.69, 9.17) is 42.1 Å². The van der Waals surface area contributed by atoms with Crippen LogP contribution in [0.25, 0.3) is 0 Å². The quantitative estimate of drug-likeness (QED) is 0.176. The molecule has 2 aromatic carbocycles. The summed E-state index contributed by atoms with van der Waals surface area (Å²) in [6.07, 6.45) is 6.26. The maximum Gasteiger partial charge on any atom is 0.255 e. The number of benzene rings is 2. The average molecular weight is 640 g/mol. The lowest BCUT2D eigenvalue weighted by molar-refractivity contribution is 0.0947. The zero-order valence-corrected chi connectivity index (χ0v) is 27.2. The molecule has 2 aromatic heterocycles. The summed E-state index contributed by atoms with van der Waals surface area (Å²) in [5.74, 6) is 2.34. The van der Waals surface area contributed by atoms with E-state index in [2.05, 4.69) is 26.1 Å². The predicted molar refractivity (Wildman–Crippen MR) is 175 cm³/mol. The van der Waals surface area contributed by atoms with Crippen LogP contribution in [0.1, 0.15) is 71.8 Å². The van der Waals surface area contributed by atoms with Crippen LogP contribution in [0.2, 0.25) is 10.0 Å². The zero-order chi connectivity index (χ0) is 30.6. The Labute approximate surface area is 267 Å². The first-order valence-corrected chi connectivity index (χ1v) is 16.0. The van der Waals surface area contributed by atoms with Gasteiger partial charge in [0.05, 0.1) is 25.0 Å². The highest BCUT2D eigenvalue weighted by molar-refractivity contribution is 7.16. The Balaban J connectivity index is 1.40. The van der Waals surface area contributed by atoms with Crippen molar-refractivity contribution in [3.63, 3.8) is 0 Å². The molecule has 0 spiro atoms. The van der Waals surface area contributed by atoms with Crippen molar-refractivity contribution in [1.82, 2.24) is 5.32 Å². The van der Waals surface area contributed by atoms with Crippen LogP contribution < -0.4 is 14.8 Å². The second-order valence-corrected chi connectivity index (χ2v) is 13.6. The van der Waals surface area contributed by atoms with Gasteiger partial charge in [0.25, 0.3) is 5.91 Å². The molecule has 1 aliphatic rings. The Bertz CT molecular complexity index is 1610. The number of rotatable bonds is 10. The first kappa shape index (κ1) is 31.2. The van der Waals surface area contributed by atoms with Crippen LogP contribution in [0.15, 0.2) is 64.2 Å². The lowest BCUT2D eigenvalue weighted by Crippen LogP contribution is -2.28. The van der Waals surface area contributed by atoms with Gasteiger partial charge in [-0.3, -0.25) is 4.79 Å². The molecule has 1 amide bonds. The molecule has 0 bridgehead atoms. The second-order valence-electron chi connectivity index (χ2n) is 11.7. The van der Waals surface area contributed by atoms with E-state index in [-0.39, 0.29) is 17.9 Å². The Morgan fingerprint density at radius 1 is 1.14 bits per heavy atom. The molecular formula is C34H36Cl2N2O4S. The Hall–Kier alpha value is -3.26. The molecule has 1 atom stereocenters. The van der Waals surface area contributed by atoms with Crippen LogP contribution in [0.3, 0.4) is 0 Å². The summed E-state index contributed by atoms with van der Waals surface area (Å²) in [6, 6.07) is 14.7. The summed E-state index contributed by atoms with van der Waals surface area (Å²) in [5.41, 5.74) is 3.65. The fourth-order valence-electron chi connectivity index (χ4n) is 5.22. The third kappa shape index (κ3) is 7.64. The van der Waals surface area contributed by atoms with Gasteiger partial charge in [-0.25, -0.2) is 4.99 Å². The van der Waals surface area contributed by atoms with Gasteiger partial charge in [0.1, 0.15) is 17.4 Å². The molecule has 6 nitrogen and oxygen atoms in total. The molecule has 0 fully saturated rings. The van der Waals surface area contributed by atoms with Gasteiger partial charge >= 0.3 is 0 Å². The number of nitrogens with zero attached hydrogens (tertiary/aromatic N) is 1. The van der Waals surface area contributed by atoms with E-state index in [1.165, 1.54) is 4.88 Å². The summed E-state index contributed by atoms with van der Waals surface area (Å²) in [5, 5.41) is 4.87. The largest absolute Gasteiger partial charge is 0.490 e. The van der Waals surface area contributed by atoms with Crippen molar-refractivity contribution in [3.8, 4) is 11.5 Å². The normalized spacial score (nSPS) is 15.0. The predicted octanol–water partition coefficient (Wildman–Crippen LogP) is 9.46. The number of thiophene rings is 1. The number of amides is 1. The number of carbonyl (C=O) groups excluding carboxylic acids is 1. The lowest BCUT2D eigenvalue weighted by Gasteiger charge is -2.33. The number of hydrogen-bond donors (Lipinski definition) is 1. The minimum absolute atomic E-state index is 0.130. The van der Waals surface area contributed by atoms with Crippen molar-refractivity contribution in [2.75, 3.05) is 6.61 Å². The van der Waals surface area contributed by atoms with E-state index < -0.39 is 0 Å². The Morgan fingerprint density at radius 2 is 1.98 bits per heavy atom. The van der Waals surface area contributed by atoms with Crippen molar-refractivity contribution in [2.24, 2.45) is 16.3 Å². The van der Waals surface area contributed by atoms with Gasteiger partial charge in [0.2, 0.25) is 0 Å². The highest BCUT2D eigenvalue weighted by Crippen LogP contribution is 2.45. The molecule has 0 saturated heterocycles. The summed E-state index contributed by atoms with van der Waals surface area (Å²) in [4.78, 5) is 19.6. The minimum atomic E-state index is -0.130. The highest BCUT2D eigenvalue weighted by Gasteiger charge is 2.33. The fraction of sp³-hybridized carbons (Fsp3) is 0.353. The SMILES string of the molecule is CCOc1cc(C=Nc2sc3c(c2C(=O)NCc2ccco2)CC[C@@H](C(C)(C)C)C3)ccc1OCc1ccc(Cl)cc1Cl. The van der Waals surface area contributed by atoms with Crippen molar-refractivity contribution >= 4 is 51.7 Å². The van der Waals surface area contributed by atoms with Gasteiger partial charge in [-0.1, -0.05) is 50.0 Å². The van der Waals surface area contributed by atoms with Gasteiger partial charge in [-0.2, -0.15) is 0 Å². The lowest BCUT2D eigenvalue weighted by atomic mass is 9.72. The van der Waals surface area contributed by atoms with Gasteiger partial charge in [0, 0.05) is 26.7 Å². The average Bonchev–Trinajstić information content (AvgIpc) is 3.62. The van der Waals surface area contributed by atoms with Crippen LogP contribution >= 0.6 is 34.5 Å². The van der Waals surface area contributed by atoms with Crippen LogP contribution in [-0.2, 0) is 26.0 Å². The summed E-state index contributed by atoms with van der Waals surface area (Å²) in [6.45, 7) is 9.88. The number of nitrogens with one attached hydrogen (secondary N) is 1. The molecule has 0 saturated carbocycles. The molecule has 1 N–H and O–H groups in total. The number of furan rings is 1. The molecule has 5 rings (SSSR count). The Morgan fingerprint density at radius 3 is 2.70 bits per heavy atom. The topological polar surface area (TPSA) is 73.1 Å². The van der Waals surface area contributed by atoms with Gasteiger partial charge < -0.3 is 19.2 Å². The first-order chi connectivity index (χ1) is 20.6. The van der Waals surface area contributed by atoms with E-state index in [9.17, 15) is 4.79 Å². The molecule has 0 unspecified atom stereocenters. The third-order valence-corrected chi connectivity index (χ3v) is 9.45. The van der Waals surface area contributed by atoms with Crippen LogP contribution in [0, 0.1) is 11.3 Å². The van der Waals surface area contributed by atoms with Crippen LogP contribution in [0.4, 0.5) is 5.00 Å². The molecular weight excluding hydrogens is 603 g/mol. The molecule has 0 radical (unpaired) electrons. The molecule has 0 aliphatic heterocycles. The maximum absolute atomic E-state index is 13.5. The van der Waals surface area contributed by atoms with Gasteiger partial charge in [-0.05, 0) is 91.1 Å². The number of carbonyl (C=O) groups is 1. The molecule has 9 heteroatoms. The molecule has 43 heavy (non-hydrogen) atoms. The van der Waals surface area contributed by atoms with Gasteiger partial charge in [0.15, 0.2) is 11.5 Å². The van der Waals surface area contributed by atoms with E-state index in [0.717, 1.165) is 36.0 Å². The van der Waals surface area contributed by atoms with Crippen LogP contribution in [0.5, 0.6) is 11.5 Å². The standard InChI is InChI=1S/C34H36Cl2N2O4S/c1-5-40-29-15-21(8-13-28(29)42-20-22-9-11-24(35)17-27(22)36)18-38-33-31(32(39)37-19-25-7-6-14-41-25)26-12-10-23(34(2,3)4)16-30(26)43-33/h6-9,11,13-15,17-18,23H,5,10,12,16,19-20H2,1-4H3,(H,37,39)/t23-/m1/s1. The van der Waals surface area contributed by atoms with E-state index in [1.807, 2.05) is 43.3 Å². The third-order valence-electron chi connectivity index (χ3n) is 7.70.